The first-order chi connectivity index (χ1) is 13.9. The van der Waals surface area contributed by atoms with Gasteiger partial charge in [-0.1, -0.05) is 12.0 Å². The van der Waals surface area contributed by atoms with Crippen molar-refractivity contribution in [2.45, 2.75) is 0 Å². The molecule has 1 N–H and O–H groups in total. The van der Waals surface area contributed by atoms with E-state index in [0.29, 0.717) is 20.6 Å². The number of nitrogens with zero attached hydrogens (tertiary/aromatic N) is 2. The molecule has 0 saturated heterocycles. The summed E-state index contributed by atoms with van der Waals surface area (Å²) in [5.41, 5.74) is 0.374. The molecule has 0 aliphatic carbocycles. The Morgan fingerprint density at radius 1 is 1.41 bits per heavy atom. The van der Waals surface area contributed by atoms with E-state index in [2.05, 4.69) is 11.2 Å². The summed E-state index contributed by atoms with van der Waals surface area (Å²) >= 11 is 2.03. The minimum Gasteiger partial charge on any atom is -0.493 e. The van der Waals surface area contributed by atoms with Crippen LogP contribution in [0.3, 0.4) is 0 Å². The molecule has 1 amide bonds. The van der Waals surface area contributed by atoms with Crippen LogP contribution in [0.25, 0.3) is 6.08 Å². The Morgan fingerprint density at radius 3 is 2.79 bits per heavy atom. The van der Waals surface area contributed by atoms with Gasteiger partial charge in [0.05, 0.1) is 15.6 Å². The molecule has 146 valence electrons. The fourth-order valence-electron chi connectivity index (χ4n) is 2.29. The predicted molar refractivity (Wildman–Crippen MR) is 115 cm³/mol. The molecule has 0 fully saturated rings. The van der Waals surface area contributed by atoms with Gasteiger partial charge in [-0.3, -0.25) is 14.9 Å². The number of carbonyl (C=O) groups is 1. The summed E-state index contributed by atoms with van der Waals surface area (Å²) in [6.45, 7) is 0.0661. The Labute approximate surface area is 180 Å². The highest BCUT2D eigenvalue weighted by molar-refractivity contribution is 14.1. The van der Waals surface area contributed by atoms with Crippen LogP contribution in [0, 0.1) is 37.4 Å². The number of hydrogen-bond acceptors (Lipinski definition) is 6. The molecule has 0 atom stereocenters. The molecule has 0 aromatic heterocycles. The van der Waals surface area contributed by atoms with E-state index in [1.807, 2.05) is 28.7 Å². The highest BCUT2D eigenvalue weighted by Crippen LogP contribution is 2.34. The van der Waals surface area contributed by atoms with Gasteiger partial charge >= 0.3 is 0 Å². The fourth-order valence-corrected chi connectivity index (χ4v) is 3.07. The van der Waals surface area contributed by atoms with Crippen molar-refractivity contribution in [1.82, 2.24) is 0 Å². The van der Waals surface area contributed by atoms with Gasteiger partial charge in [0, 0.05) is 17.8 Å². The normalized spacial score (nSPS) is 10.4. The highest BCUT2D eigenvalue weighted by Gasteiger charge is 2.15. The van der Waals surface area contributed by atoms with Gasteiger partial charge in [0.2, 0.25) is 0 Å². The minimum atomic E-state index is -0.699. The van der Waals surface area contributed by atoms with Gasteiger partial charge in [0.15, 0.2) is 11.5 Å². The number of hydrogen-bond donors (Lipinski definition) is 1. The van der Waals surface area contributed by atoms with Crippen LogP contribution in [0.2, 0.25) is 0 Å². The molecule has 0 saturated carbocycles. The first kappa shape index (κ1) is 21.7. The SMILES string of the molecule is C#CCOc1c(I)cc(/C=C(\C#N)C(=O)Nc2cccc([N+](=O)[O-])c2)cc1OC. The highest BCUT2D eigenvalue weighted by atomic mass is 127. The molecule has 0 aliphatic heterocycles. The zero-order valence-corrected chi connectivity index (χ0v) is 17.3. The lowest BCUT2D eigenvalue weighted by atomic mass is 10.1. The van der Waals surface area contributed by atoms with Crippen molar-refractivity contribution >= 4 is 45.9 Å². The Kier molecular flexibility index (Phi) is 7.57. The standard InChI is InChI=1S/C20H14IN3O5/c1-3-7-29-19-17(21)9-13(10-18(19)28-2)8-14(12-22)20(25)23-15-5-4-6-16(11-15)24(26)27/h1,4-6,8-11H,7H2,2H3,(H,23,25)/b14-8+. The molecular formula is C20H14IN3O5. The maximum absolute atomic E-state index is 12.4. The second-order valence-electron chi connectivity index (χ2n) is 5.46. The van der Waals surface area contributed by atoms with Crippen LogP contribution in [0.4, 0.5) is 11.4 Å². The third-order valence-electron chi connectivity index (χ3n) is 3.54. The van der Waals surface area contributed by atoms with E-state index >= 15 is 0 Å². The van der Waals surface area contributed by atoms with E-state index in [4.69, 9.17) is 15.9 Å². The molecule has 2 aromatic carbocycles. The first-order valence-electron chi connectivity index (χ1n) is 8.01. The van der Waals surface area contributed by atoms with Crippen LogP contribution in [0.1, 0.15) is 5.56 Å². The van der Waals surface area contributed by atoms with Crippen molar-refractivity contribution < 1.29 is 19.2 Å². The summed E-state index contributed by atoms with van der Waals surface area (Å²) in [5, 5.41) is 22.7. The average Bonchev–Trinajstić information content (AvgIpc) is 2.70. The largest absolute Gasteiger partial charge is 0.493 e. The van der Waals surface area contributed by atoms with Crippen molar-refractivity contribution in [3.05, 3.63) is 61.2 Å². The van der Waals surface area contributed by atoms with Gasteiger partial charge in [0.25, 0.3) is 11.6 Å². The van der Waals surface area contributed by atoms with Gasteiger partial charge in [-0.2, -0.15) is 5.26 Å². The molecule has 8 nitrogen and oxygen atoms in total. The summed E-state index contributed by atoms with van der Waals surface area (Å²) < 4.78 is 11.4. The van der Waals surface area contributed by atoms with Crippen molar-refractivity contribution in [2.75, 3.05) is 19.0 Å². The van der Waals surface area contributed by atoms with Gasteiger partial charge in [0.1, 0.15) is 18.2 Å². The summed E-state index contributed by atoms with van der Waals surface area (Å²) in [7, 11) is 1.46. The number of nitro benzene ring substituents is 1. The fraction of sp³-hybridized carbons (Fsp3) is 0.100. The number of ether oxygens (including phenoxy) is 2. The zero-order chi connectivity index (χ0) is 21.4. The predicted octanol–water partition coefficient (Wildman–Crippen LogP) is 3.77. The molecule has 29 heavy (non-hydrogen) atoms. The van der Waals surface area contributed by atoms with Crippen LogP contribution >= 0.6 is 22.6 Å². The molecule has 0 radical (unpaired) electrons. The molecule has 2 rings (SSSR count). The number of rotatable bonds is 7. The maximum Gasteiger partial charge on any atom is 0.271 e. The van der Waals surface area contributed by atoms with Crippen molar-refractivity contribution in [2.24, 2.45) is 0 Å². The number of nitriles is 1. The van der Waals surface area contributed by atoms with E-state index < -0.39 is 10.8 Å². The third kappa shape index (κ3) is 5.70. The number of benzene rings is 2. The summed E-state index contributed by atoms with van der Waals surface area (Å²) in [6.07, 6.45) is 6.59. The van der Waals surface area contributed by atoms with Crippen LogP contribution < -0.4 is 14.8 Å². The monoisotopic (exact) mass is 503 g/mol. The first-order valence-corrected chi connectivity index (χ1v) is 9.09. The van der Waals surface area contributed by atoms with Crippen molar-refractivity contribution in [1.29, 1.82) is 5.26 Å². The van der Waals surface area contributed by atoms with E-state index in [0.717, 1.165) is 0 Å². The molecule has 0 unspecified atom stereocenters. The summed E-state index contributed by atoms with van der Waals surface area (Å²) in [4.78, 5) is 22.7. The number of anilines is 1. The Balaban J connectivity index is 2.31. The van der Waals surface area contributed by atoms with Crippen LogP contribution in [0.15, 0.2) is 42.0 Å². The van der Waals surface area contributed by atoms with Crippen LogP contribution in [-0.2, 0) is 4.79 Å². The second-order valence-corrected chi connectivity index (χ2v) is 6.62. The molecule has 0 bridgehead atoms. The average molecular weight is 503 g/mol. The van der Waals surface area contributed by atoms with Gasteiger partial charge in [-0.25, -0.2) is 0 Å². The lowest BCUT2D eigenvalue weighted by Crippen LogP contribution is -2.13. The number of nitrogens with one attached hydrogen (secondary N) is 1. The van der Waals surface area contributed by atoms with Gasteiger partial charge < -0.3 is 14.8 Å². The van der Waals surface area contributed by atoms with Gasteiger partial charge in [-0.15, -0.1) is 6.42 Å². The number of nitro groups is 1. The number of carbonyl (C=O) groups excluding carboxylic acids is 1. The Hall–Kier alpha value is -3.57. The van der Waals surface area contributed by atoms with E-state index in [9.17, 15) is 20.2 Å². The summed E-state index contributed by atoms with van der Waals surface area (Å²) in [5.74, 6) is 2.53. The lowest BCUT2D eigenvalue weighted by molar-refractivity contribution is -0.384. The van der Waals surface area contributed by atoms with Gasteiger partial charge in [-0.05, 0) is 52.4 Å². The van der Waals surface area contributed by atoms with Crippen molar-refractivity contribution in [3.8, 4) is 29.9 Å². The minimum absolute atomic E-state index is 0.0661. The molecule has 2 aromatic rings. The topological polar surface area (TPSA) is 114 Å². The quantitative estimate of drug-likeness (QED) is 0.154. The Morgan fingerprint density at radius 2 is 2.17 bits per heavy atom. The molecule has 9 heteroatoms. The number of terminal acetylenes is 1. The Bertz CT molecular complexity index is 1070. The second kappa shape index (κ2) is 10.1. The van der Waals surface area contributed by atoms with Crippen molar-refractivity contribution in [3.63, 3.8) is 0 Å². The molecule has 0 spiro atoms. The molecular weight excluding hydrogens is 489 g/mol. The lowest BCUT2D eigenvalue weighted by Gasteiger charge is -2.12. The number of halogens is 1. The van der Waals surface area contributed by atoms with E-state index in [-0.39, 0.29) is 23.6 Å². The maximum atomic E-state index is 12.4. The number of methoxy groups -OCH3 is 1. The number of amides is 1. The van der Waals surface area contributed by atoms with Crippen LogP contribution in [0.5, 0.6) is 11.5 Å². The van der Waals surface area contributed by atoms with Crippen LogP contribution in [-0.4, -0.2) is 24.5 Å². The zero-order valence-electron chi connectivity index (χ0n) is 15.1. The third-order valence-corrected chi connectivity index (χ3v) is 4.34. The molecule has 0 heterocycles. The smallest absolute Gasteiger partial charge is 0.271 e. The number of non-ortho nitro benzene ring substituents is 1. The van der Waals surface area contributed by atoms with E-state index in [1.165, 1.54) is 37.5 Å². The molecule has 0 aliphatic rings. The van der Waals surface area contributed by atoms with E-state index in [1.54, 1.807) is 12.1 Å². The summed E-state index contributed by atoms with van der Waals surface area (Å²) in [6, 6.07) is 10.6.